The van der Waals surface area contributed by atoms with Gasteiger partial charge < -0.3 is 26.3 Å². The fourth-order valence-corrected chi connectivity index (χ4v) is 1.29. The lowest BCUT2D eigenvalue weighted by molar-refractivity contribution is 0.0937. The first-order chi connectivity index (χ1) is 8.54. The highest BCUT2D eigenvalue weighted by molar-refractivity contribution is 5.99. The average molecular weight is 253 g/mol. The van der Waals surface area contributed by atoms with Crippen LogP contribution in [0.3, 0.4) is 0 Å². The zero-order valence-corrected chi connectivity index (χ0v) is 9.93. The largest absolute Gasteiger partial charge is 0.497 e. The molecule has 7 heteroatoms. The third kappa shape index (κ3) is 3.85. The SMILES string of the molecule is COc1ccc(C(=O)NCCOC(N)=O)c(N)c1. The number of benzene rings is 1. The van der Waals surface area contributed by atoms with Crippen LogP contribution in [0.25, 0.3) is 0 Å². The van der Waals surface area contributed by atoms with Gasteiger partial charge in [0.15, 0.2) is 0 Å². The molecule has 0 radical (unpaired) electrons. The number of ether oxygens (including phenoxy) is 2. The first kappa shape index (κ1) is 13.6. The van der Waals surface area contributed by atoms with Gasteiger partial charge in [-0.05, 0) is 12.1 Å². The van der Waals surface area contributed by atoms with Crippen molar-refractivity contribution >= 4 is 17.7 Å². The fraction of sp³-hybridized carbons (Fsp3) is 0.273. The number of amides is 2. The molecule has 18 heavy (non-hydrogen) atoms. The van der Waals surface area contributed by atoms with Gasteiger partial charge in [0.05, 0.1) is 19.2 Å². The summed E-state index contributed by atoms with van der Waals surface area (Å²) in [6.45, 7) is 0.171. The summed E-state index contributed by atoms with van der Waals surface area (Å²) in [7, 11) is 1.51. The van der Waals surface area contributed by atoms with E-state index in [1.807, 2.05) is 0 Å². The Morgan fingerprint density at radius 2 is 2.11 bits per heavy atom. The van der Waals surface area contributed by atoms with Crippen molar-refractivity contribution in [2.75, 3.05) is 26.0 Å². The summed E-state index contributed by atoms with van der Waals surface area (Å²) in [5.41, 5.74) is 11.1. The lowest BCUT2D eigenvalue weighted by atomic mass is 10.1. The van der Waals surface area contributed by atoms with Crippen molar-refractivity contribution in [3.63, 3.8) is 0 Å². The van der Waals surface area contributed by atoms with E-state index in [1.54, 1.807) is 18.2 Å². The highest BCUT2D eigenvalue weighted by atomic mass is 16.5. The monoisotopic (exact) mass is 253 g/mol. The maximum atomic E-state index is 11.7. The average Bonchev–Trinajstić information content (AvgIpc) is 2.33. The lowest BCUT2D eigenvalue weighted by Crippen LogP contribution is -2.29. The number of carbonyl (C=O) groups excluding carboxylic acids is 2. The van der Waals surface area contributed by atoms with Gasteiger partial charge in [-0.3, -0.25) is 4.79 Å². The Kier molecular flexibility index (Phi) is 4.79. The first-order valence-corrected chi connectivity index (χ1v) is 5.18. The topological polar surface area (TPSA) is 117 Å². The molecule has 0 aliphatic carbocycles. The Hall–Kier alpha value is -2.44. The molecule has 0 aliphatic heterocycles. The molecule has 0 saturated heterocycles. The van der Waals surface area contributed by atoms with Gasteiger partial charge in [-0.15, -0.1) is 0 Å². The molecule has 98 valence electrons. The van der Waals surface area contributed by atoms with Crippen molar-refractivity contribution in [3.05, 3.63) is 23.8 Å². The second-order valence-electron chi connectivity index (χ2n) is 3.38. The quantitative estimate of drug-likeness (QED) is 0.508. The van der Waals surface area contributed by atoms with Crippen LogP contribution in [0.15, 0.2) is 18.2 Å². The van der Waals surface area contributed by atoms with E-state index in [2.05, 4.69) is 10.1 Å². The summed E-state index contributed by atoms with van der Waals surface area (Å²) in [6.07, 6.45) is -0.881. The van der Waals surface area contributed by atoms with Crippen LogP contribution in [-0.2, 0) is 4.74 Å². The molecule has 5 N–H and O–H groups in total. The maximum Gasteiger partial charge on any atom is 0.404 e. The third-order valence-corrected chi connectivity index (χ3v) is 2.14. The molecule has 0 atom stereocenters. The number of nitrogens with one attached hydrogen (secondary N) is 1. The van der Waals surface area contributed by atoms with Gasteiger partial charge in [-0.1, -0.05) is 0 Å². The van der Waals surface area contributed by atoms with Crippen molar-refractivity contribution in [3.8, 4) is 5.75 Å². The zero-order chi connectivity index (χ0) is 13.5. The summed E-state index contributed by atoms with van der Waals surface area (Å²) in [5, 5.41) is 2.54. The van der Waals surface area contributed by atoms with E-state index in [-0.39, 0.29) is 19.1 Å². The van der Waals surface area contributed by atoms with Crippen molar-refractivity contribution < 1.29 is 19.1 Å². The molecular weight excluding hydrogens is 238 g/mol. The molecule has 0 fully saturated rings. The molecule has 0 heterocycles. The fourth-order valence-electron chi connectivity index (χ4n) is 1.29. The number of nitrogens with two attached hydrogens (primary N) is 2. The Bertz CT molecular complexity index is 448. The maximum absolute atomic E-state index is 11.7. The standard InChI is InChI=1S/C11H15N3O4/c1-17-7-2-3-8(9(12)6-7)10(15)14-4-5-18-11(13)16/h2-3,6H,4-5,12H2,1H3,(H2,13,16)(H,14,15). The predicted octanol–water partition coefficient (Wildman–Crippen LogP) is 0.102. The van der Waals surface area contributed by atoms with E-state index in [4.69, 9.17) is 16.2 Å². The number of hydrogen-bond acceptors (Lipinski definition) is 5. The molecule has 1 aromatic rings. The minimum absolute atomic E-state index is 0.0110. The van der Waals surface area contributed by atoms with Crippen LogP contribution in [0.1, 0.15) is 10.4 Å². The molecule has 0 unspecified atom stereocenters. The normalized spacial score (nSPS) is 9.61. The number of nitrogen functional groups attached to an aromatic ring is 1. The van der Waals surface area contributed by atoms with Crippen molar-refractivity contribution in [2.24, 2.45) is 5.73 Å². The van der Waals surface area contributed by atoms with Crippen LogP contribution in [0, 0.1) is 0 Å². The molecule has 0 bridgehead atoms. The minimum Gasteiger partial charge on any atom is -0.497 e. The van der Waals surface area contributed by atoms with Gasteiger partial charge in [0.1, 0.15) is 12.4 Å². The van der Waals surface area contributed by atoms with Gasteiger partial charge in [-0.25, -0.2) is 4.79 Å². The number of carbonyl (C=O) groups is 2. The van der Waals surface area contributed by atoms with Crippen molar-refractivity contribution in [2.45, 2.75) is 0 Å². The summed E-state index contributed by atoms with van der Waals surface area (Å²) in [6, 6.07) is 4.73. The Morgan fingerprint density at radius 1 is 1.39 bits per heavy atom. The van der Waals surface area contributed by atoms with Crippen LogP contribution in [0.4, 0.5) is 10.5 Å². The van der Waals surface area contributed by atoms with Crippen molar-refractivity contribution in [1.29, 1.82) is 0 Å². The molecule has 2 amide bonds. The van der Waals surface area contributed by atoms with E-state index in [0.29, 0.717) is 17.0 Å². The molecule has 0 aliphatic rings. The van der Waals surface area contributed by atoms with Gasteiger partial charge in [-0.2, -0.15) is 0 Å². The third-order valence-electron chi connectivity index (χ3n) is 2.14. The number of rotatable bonds is 5. The first-order valence-electron chi connectivity index (χ1n) is 5.18. The molecule has 0 spiro atoms. The highest BCUT2D eigenvalue weighted by Gasteiger charge is 2.09. The molecule has 0 saturated carbocycles. The lowest BCUT2D eigenvalue weighted by Gasteiger charge is -2.08. The Morgan fingerprint density at radius 3 is 2.67 bits per heavy atom. The Labute approximate surface area is 104 Å². The number of primary amides is 1. The Balaban J connectivity index is 2.54. The zero-order valence-electron chi connectivity index (χ0n) is 9.93. The van der Waals surface area contributed by atoms with Gasteiger partial charge in [0.25, 0.3) is 5.91 Å². The molecule has 7 nitrogen and oxygen atoms in total. The van der Waals surface area contributed by atoms with Crippen LogP contribution < -0.4 is 21.5 Å². The number of anilines is 1. The van der Waals surface area contributed by atoms with E-state index < -0.39 is 6.09 Å². The summed E-state index contributed by atoms with van der Waals surface area (Å²) in [5.74, 6) is 0.212. The van der Waals surface area contributed by atoms with Crippen LogP contribution in [0.5, 0.6) is 5.75 Å². The number of methoxy groups -OCH3 is 1. The summed E-state index contributed by atoms with van der Waals surface area (Å²) >= 11 is 0. The molecular formula is C11H15N3O4. The molecule has 1 rings (SSSR count). The van der Waals surface area contributed by atoms with E-state index in [0.717, 1.165) is 0 Å². The van der Waals surface area contributed by atoms with Gasteiger partial charge in [0.2, 0.25) is 0 Å². The molecule has 1 aromatic carbocycles. The van der Waals surface area contributed by atoms with Crippen LogP contribution in [-0.4, -0.2) is 32.3 Å². The second-order valence-corrected chi connectivity index (χ2v) is 3.38. The summed E-state index contributed by atoms with van der Waals surface area (Å²) in [4.78, 5) is 22.0. The summed E-state index contributed by atoms with van der Waals surface area (Å²) < 4.78 is 9.44. The van der Waals surface area contributed by atoms with E-state index >= 15 is 0 Å². The van der Waals surface area contributed by atoms with Gasteiger partial charge in [0, 0.05) is 11.8 Å². The van der Waals surface area contributed by atoms with E-state index in [1.165, 1.54) is 7.11 Å². The highest BCUT2D eigenvalue weighted by Crippen LogP contribution is 2.19. The smallest absolute Gasteiger partial charge is 0.404 e. The predicted molar refractivity (Wildman–Crippen MR) is 65.3 cm³/mol. The van der Waals surface area contributed by atoms with Crippen molar-refractivity contribution in [1.82, 2.24) is 5.32 Å². The molecule has 0 aromatic heterocycles. The van der Waals surface area contributed by atoms with Crippen LogP contribution in [0.2, 0.25) is 0 Å². The van der Waals surface area contributed by atoms with E-state index in [9.17, 15) is 9.59 Å². The van der Waals surface area contributed by atoms with Crippen LogP contribution >= 0.6 is 0 Å². The second kappa shape index (κ2) is 6.33. The minimum atomic E-state index is -0.881. The number of hydrogen-bond donors (Lipinski definition) is 3. The van der Waals surface area contributed by atoms with Gasteiger partial charge >= 0.3 is 6.09 Å².